The number of nitrogens with one attached hydrogen (secondary N) is 1. The first-order chi connectivity index (χ1) is 8.10. The summed E-state index contributed by atoms with van der Waals surface area (Å²) in [5.41, 5.74) is 5.61. The van der Waals surface area contributed by atoms with Crippen molar-refractivity contribution in [2.45, 2.75) is 31.7 Å². The van der Waals surface area contributed by atoms with Crippen LogP contribution in [-0.4, -0.2) is 41.3 Å². The highest BCUT2D eigenvalue weighted by Crippen LogP contribution is 2.29. The molecule has 0 aliphatic heterocycles. The summed E-state index contributed by atoms with van der Waals surface area (Å²) in [7, 11) is 0. The van der Waals surface area contributed by atoms with E-state index >= 15 is 0 Å². The number of nitrogens with two attached hydrogens (primary N) is 1. The van der Waals surface area contributed by atoms with Crippen molar-refractivity contribution in [1.82, 2.24) is 5.32 Å². The zero-order chi connectivity index (χ0) is 12.8. The van der Waals surface area contributed by atoms with Crippen molar-refractivity contribution in [3.05, 3.63) is 0 Å². The molecule has 0 saturated heterocycles. The van der Waals surface area contributed by atoms with Gasteiger partial charge in [0, 0.05) is 5.92 Å². The minimum atomic E-state index is -1.22. The number of aliphatic hydroxyl groups is 1. The van der Waals surface area contributed by atoms with E-state index in [1.165, 1.54) is 0 Å². The van der Waals surface area contributed by atoms with Crippen molar-refractivity contribution in [2.75, 3.05) is 13.2 Å². The molecule has 0 radical (unpaired) electrons. The Hall–Kier alpha value is -1.14. The Morgan fingerprint density at radius 3 is 2.53 bits per heavy atom. The Balaban J connectivity index is 2.58. The number of carboxylic acid groups (broad SMARTS) is 1. The van der Waals surface area contributed by atoms with Crippen LogP contribution in [0.15, 0.2) is 0 Å². The number of carbonyl (C=O) groups is 2. The second-order valence-electron chi connectivity index (χ2n) is 4.47. The molecular formula is C11H20N2O4. The van der Waals surface area contributed by atoms with Gasteiger partial charge in [-0.1, -0.05) is 12.8 Å². The smallest absolute Gasteiger partial charge is 0.328 e. The molecular weight excluding hydrogens is 224 g/mol. The van der Waals surface area contributed by atoms with Crippen molar-refractivity contribution in [1.29, 1.82) is 0 Å². The molecule has 0 heterocycles. The van der Waals surface area contributed by atoms with Crippen molar-refractivity contribution in [2.24, 2.45) is 17.6 Å². The third-order valence-electron chi connectivity index (χ3n) is 3.35. The number of hydrogen-bond donors (Lipinski definition) is 4. The quantitative estimate of drug-likeness (QED) is 0.511. The Labute approximate surface area is 100 Å². The van der Waals surface area contributed by atoms with Crippen LogP contribution in [0.3, 0.4) is 0 Å². The number of carbonyl (C=O) groups excluding carboxylic acids is 1. The van der Waals surface area contributed by atoms with E-state index in [0.29, 0.717) is 6.54 Å². The van der Waals surface area contributed by atoms with Crippen LogP contribution in [0, 0.1) is 11.8 Å². The van der Waals surface area contributed by atoms with Crippen molar-refractivity contribution in [3.8, 4) is 0 Å². The Kier molecular flexibility index (Phi) is 5.37. The first kappa shape index (κ1) is 13.9. The minimum Gasteiger partial charge on any atom is -0.480 e. The van der Waals surface area contributed by atoms with Gasteiger partial charge in [0.15, 0.2) is 0 Å². The highest BCUT2D eigenvalue weighted by atomic mass is 16.4. The lowest BCUT2D eigenvalue weighted by molar-refractivity contribution is -0.144. The van der Waals surface area contributed by atoms with Crippen LogP contribution in [0.5, 0.6) is 0 Å². The third kappa shape index (κ3) is 3.67. The Morgan fingerprint density at radius 2 is 2.00 bits per heavy atom. The fourth-order valence-corrected chi connectivity index (χ4v) is 2.30. The molecule has 0 aromatic heterocycles. The molecule has 0 spiro atoms. The first-order valence-electron chi connectivity index (χ1n) is 5.94. The molecule has 2 unspecified atom stereocenters. The topological polar surface area (TPSA) is 113 Å². The Bertz CT molecular complexity index is 283. The van der Waals surface area contributed by atoms with E-state index in [1.807, 2.05) is 0 Å². The average Bonchev–Trinajstić information content (AvgIpc) is 2.35. The molecule has 1 amide bonds. The Morgan fingerprint density at radius 1 is 1.35 bits per heavy atom. The molecule has 17 heavy (non-hydrogen) atoms. The molecule has 0 aromatic carbocycles. The molecule has 6 heteroatoms. The number of aliphatic hydroxyl groups excluding tert-OH is 1. The van der Waals surface area contributed by atoms with Crippen LogP contribution in [0.25, 0.3) is 0 Å². The van der Waals surface area contributed by atoms with Gasteiger partial charge in [0.05, 0.1) is 6.61 Å². The van der Waals surface area contributed by atoms with Gasteiger partial charge >= 0.3 is 5.97 Å². The summed E-state index contributed by atoms with van der Waals surface area (Å²) in [4.78, 5) is 22.6. The van der Waals surface area contributed by atoms with Crippen LogP contribution < -0.4 is 11.1 Å². The van der Waals surface area contributed by atoms with Gasteiger partial charge in [-0.15, -0.1) is 0 Å². The fraction of sp³-hybridized carbons (Fsp3) is 0.818. The van der Waals surface area contributed by atoms with E-state index in [2.05, 4.69) is 5.32 Å². The minimum absolute atomic E-state index is 0.122. The zero-order valence-electron chi connectivity index (χ0n) is 9.76. The van der Waals surface area contributed by atoms with Crippen LogP contribution >= 0.6 is 0 Å². The molecule has 5 N–H and O–H groups in total. The van der Waals surface area contributed by atoms with Crippen LogP contribution in [-0.2, 0) is 9.59 Å². The van der Waals surface area contributed by atoms with Crippen LogP contribution in [0.2, 0.25) is 0 Å². The molecule has 1 aliphatic rings. The molecule has 1 aliphatic carbocycles. The molecule has 0 aromatic rings. The molecule has 0 bridgehead atoms. The van der Waals surface area contributed by atoms with E-state index in [9.17, 15) is 9.59 Å². The number of rotatable bonds is 5. The van der Waals surface area contributed by atoms with Gasteiger partial charge in [-0.3, -0.25) is 4.79 Å². The molecule has 3 atom stereocenters. The summed E-state index contributed by atoms with van der Waals surface area (Å²) in [6, 6.07) is -1.22. The van der Waals surface area contributed by atoms with Gasteiger partial charge in [-0.25, -0.2) is 4.79 Å². The van der Waals surface area contributed by atoms with Gasteiger partial charge in [0.1, 0.15) is 6.04 Å². The highest BCUT2D eigenvalue weighted by molar-refractivity contribution is 5.85. The summed E-state index contributed by atoms with van der Waals surface area (Å²) >= 11 is 0. The largest absolute Gasteiger partial charge is 0.480 e. The number of hydrogen-bond acceptors (Lipinski definition) is 4. The number of aliphatic carboxylic acids is 1. The monoisotopic (exact) mass is 244 g/mol. The predicted octanol–water partition coefficient (Wildman–Crippen LogP) is -0.687. The molecule has 1 rings (SSSR count). The lowest BCUT2D eigenvalue weighted by atomic mass is 9.78. The fourth-order valence-electron chi connectivity index (χ4n) is 2.30. The highest BCUT2D eigenvalue weighted by Gasteiger charge is 2.32. The van der Waals surface area contributed by atoms with Crippen molar-refractivity contribution in [3.63, 3.8) is 0 Å². The van der Waals surface area contributed by atoms with Gasteiger partial charge in [0.2, 0.25) is 5.91 Å². The zero-order valence-corrected chi connectivity index (χ0v) is 9.76. The lowest BCUT2D eigenvalue weighted by Gasteiger charge is -2.30. The van der Waals surface area contributed by atoms with Crippen molar-refractivity contribution < 1.29 is 19.8 Å². The molecule has 98 valence electrons. The standard InChI is InChI=1S/C11H20N2O4/c12-5-7-3-1-2-4-8(7)10(15)13-9(6-14)11(16)17/h7-9,14H,1-6,12H2,(H,13,15)(H,16,17)/t7?,8?,9-/m1/s1. The molecule has 1 fully saturated rings. The van der Waals surface area contributed by atoms with Crippen LogP contribution in [0.1, 0.15) is 25.7 Å². The first-order valence-corrected chi connectivity index (χ1v) is 5.94. The van der Waals surface area contributed by atoms with E-state index in [0.717, 1.165) is 25.7 Å². The summed E-state index contributed by atoms with van der Waals surface area (Å²) in [5, 5.41) is 19.9. The average molecular weight is 244 g/mol. The maximum Gasteiger partial charge on any atom is 0.328 e. The summed E-state index contributed by atoms with van der Waals surface area (Å²) < 4.78 is 0. The van der Waals surface area contributed by atoms with Crippen molar-refractivity contribution >= 4 is 11.9 Å². The van der Waals surface area contributed by atoms with Gasteiger partial charge in [0.25, 0.3) is 0 Å². The molecule has 6 nitrogen and oxygen atoms in total. The van der Waals surface area contributed by atoms with E-state index in [-0.39, 0.29) is 17.7 Å². The normalized spacial score (nSPS) is 26.2. The van der Waals surface area contributed by atoms with Gasteiger partial charge < -0.3 is 21.3 Å². The SMILES string of the molecule is NCC1CCCCC1C(=O)N[C@H](CO)C(=O)O. The second-order valence-corrected chi connectivity index (χ2v) is 4.47. The third-order valence-corrected chi connectivity index (χ3v) is 3.35. The van der Waals surface area contributed by atoms with E-state index in [1.54, 1.807) is 0 Å². The van der Waals surface area contributed by atoms with E-state index < -0.39 is 18.6 Å². The lowest BCUT2D eigenvalue weighted by Crippen LogP contribution is -2.48. The summed E-state index contributed by atoms with van der Waals surface area (Å²) in [5.74, 6) is -1.62. The van der Waals surface area contributed by atoms with Gasteiger partial charge in [-0.2, -0.15) is 0 Å². The summed E-state index contributed by atoms with van der Waals surface area (Å²) in [6.45, 7) is -0.157. The molecule has 1 saturated carbocycles. The van der Waals surface area contributed by atoms with Gasteiger partial charge in [-0.05, 0) is 25.3 Å². The number of amides is 1. The van der Waals surface area contributed by atoms with E-state index in [4.69, 9.17) is 15.9 Å². The second kappa shape index (κ2) is 6.56. The summed E-state index contributed by atoms with van der Waals surface area (Å²) in [6.07, 6.45) is 3.68. The predicted molar refractivity (Wildman–Crippen MR) is 61.2 cm³/mol. The maximum atomic E-state index is 11.9. The maximum absolute atomic E-state index is 11.9. The van der Waals surface area contributed by atoms with Crippen LogP contribution in [0.4, 0.5) is 0 Å². The number of carboxylic acids is 1.